The second kappa shape index (κ2) is 7.48. The summed E-state index contributed by atoms with van der Waals surface area (Å²) < 4.78 is 6.49. The van der Waals surface area contributed by atoms with E-state index in [-0.39, 0.29) is 12.5 Å². The fourth-order valence-electron chi connectivity index (χ4n) is 1.83. The van der Waals surface area contributed by atoms with E-state index in [9.17, 15) is 4.79 Å². The minimum Gasteiger partial charge on any atom is -0.480 e. The van der Waals surface area contributed by atoms with E-state index in [4.69, 9.17) is 11.2 Å². The van der Waals surface area contributed by atoms with Crippen molar-refractivity contribution in [3.05, 3.63) is 28.2 Å². The minimum atomic E-state index is -0.593. The maximum absolute atomic E-state index is 11.7. The van der Waals surface area contributed by atoms with Crippen LogP contribution in [-0.4, -0.2) is 24.6 Å². The number of ether oxygens (including phenoxy) is 1. The summed E-state index contributed by atoms with van der Waals surface area (Å²) in [5.41, 5.74) is 1.19. The monoisotopic (exact) mass is 350 g/mol. The Morgan fingerprint density at radius 1 is 1.57 bits per heavy atom. The average Bonchev–Trinajstić information content (AvgIpc) is 3.29. The Balaban J connectivity index is 1.90. The van der Waals surface area contributed by atoms with Crippen LogP contribution in [0.5, 0.6) is 5.75 Å². The van der Waals surface area contributed by atoms with Gasteiger partial charge in [0.1, 0.15) is 5.75 Å². The van der Waals surface area contributed by atoms with Gasteiger partial charge >= 0.3 is 0 Å². The average molecular weight is 351 g/mol. The molecule has 0 heterocycles. The molecule has 4 nitrogen and oxygen atoms in total. The minimum absolute atomic E-state index is 0.208. The molecule has 5 heteroatoms. The van der Waals surface area contributed by atoms with E-state index in [2.05, 4.69) is 32.5 Å². The first-order valence-electron chi connectivity index (χ1n) is 7.00. The normalized spacial score (nSPS) is 15.1. The Morgan fingerprint density at radius 3 is 2.95 bits per heavy atom. The standard InChI is InChI=1S/C16H19BrN2O2/c1-3-8-18-16(20)11(2)21-15-7-4-12(9-14(15)17)10-19-13-5-6-13/h1,4,7,9,11,13,19H,5-6,8,10H2,2H3,(H,18,20). The summed E-state index contributed by atoms with van der Waals surface area (Å²) in [5.74, 6) is 2.78. The molecule has 1 aliphatic rings. The molecule has 1 atom stereocenters. The largest absolute Gasteiger partial charge is 0.480 e. The fraction of sp³-hybridized carbons (Fsp3) is 0.438. The number of terminal acetylenes is 1. The van der Waals surface area contributed by atoms with Gasteiger partial charge < -0.3 is 15.4 Å². The lowest BCUT2D eigenvalue weighted by Gasteiger charge is -2.15. The van der Waals surface area contributed by atoms with Gasteiger partial charge in [0.2, 0.25) is 0 Å². The van der Waals surface area contributed by atoms with Gasteiger partial charge in [-0.2, -0.15) is 0 Å². The lowest BCUT2D eigenvalue weighted by molar-refractivity contribution is -0.127. The summed E-state index contributed by atoms with van der Waals surface area (Å²) in [4.78, 5) is 11.7. The SMILES string of the molecule is C#CCNC(=O)C(C)Oc1ccc(CNC2CC2)cc1Br. The predicted octanol–water partition coefficient (Wildman–Crippen LogP) is 2.22. The van der Waals surface area contributed by atoms with Crippen molar-refractivity contribution in [1.82, 2.24) is 10.6 Å². The van der Waals surface area contributed by atoms with Crippen LogP contribution in [0.4, 0.5) is 0 Å². The molecule has 0 radical (unpaired) electrons. The van der Waals surface area contributed by atoms with Gasteiger partial charge in [0, 0.05) is 12.6 Å². The molecular weight excluding hydrogens is 332 g/mol. The zero-order chi connectivity index (χ0) is 15.2. The third-order valence-electron chi connectivity index (χ3n) is 3.21. The number of amides is 1. The predicted molar refractivity (Wildman–Crippen MR) is 85.9 cm³/mol. The third-order valence-corrected chi connectivity index (χ3v) is 3.83. The quantitative estimate of drug-likeness (QED) is 0.741. The molecule has 1 amide bonds. The van der Waals surface area contributed by atoms with Crippen LogP contribution in [0.2, 0.25) is 0 Å². The van der Waals surface area contributed by atoms with Gasteiger partial charge in [-0.25, -0.2) is 0 Å². The van der Waals surface area contributed by atoms with E-state index in [0.29, 0.717) is 11.8 Å². The second-order valence-corrected chi connectivity index (χ2v) is 5.96. The maximum Gasteiger partial charge on any atom is 0.261 e. The highest BCUT2D eigenvalue weighted by Gasteiger charge is 2.20. The molecule has 1 saturated carbocycles. The molecule has 112 valence electrons. The summed E-state index contributed by atoms with van der Waals surface area (Å²) in [5, 5.41) is 6.05. The number of hydrogen-bond donors (Lipinski definition) is 2. The molecule has 2 rings (SSSR count). The molecular formula is C16H19BrN2O2. The van der Waals surface area contributed by atoms with E-state index in [0.717, 1.165) is 11.0 Å². The first-order chi connectivity index (χ1) is 10.1. The van der Waals surface area contributed by atoms with E-state index < -0.39 is 6.10 Å². The van der Waals surface area contributed by atoms with Crippen LogP contribution in [0.1, 0.15) is 25.3 Å². The summed E-state index contributed by atoms with van der Waals surface area (Å²) >= 11 is 3.48. The molecule has 0 saturated heterocycles. The zero-order valence-electron chi connectivity index (χ0n) is 12.0. The van der Waals surface area contributed by atoms with Crippen molar-refractivity contribution in [1.29, 1.82) is 0 Å². The summed E-state index contributed by atoms with van der Waals surface area (Å²) in [7, 11) is 0. The van der Waals surface area contributed by atoms with Crippen LogP contribution in [-0.2, 0) is 11.3 Å². The van der Waals surface area contributed by atoms with Crippen LogP contribution in [0.15, 0.2) is 22.7 Å². The van der Waals surface area contributed by atoms with Gasteiger partial charge in [-0.1, -0.05) is 12.0 Å². The van der Waals surface area contributed by atoms with Crippen molar-refractivity contribution in [3.63, 3.8) is 0 Å². The zero-order valence-corrected chi connectivity index (χ0v) is 13.6. The number of carbonyl (C=O) groups excluding carboxylic acids is 1. The van der Waals surface area contributed by atoms with Gasteiger partial charge in [-0.05, 0) is 53.4 Å². The Bertz CT molecular complexity index is 550. The van der Waals surface area contributed by atoms with Crippen LogP contribution < -0.4 is 15.4 Å². The summed E-state index contributed by atoms with van der Waals surface area (Å²) in [6, 6.07) is 6.57. The number of halogens is 1. The number of hydrogen-bond acceptors (Lipinski definition) is 3. The van der Waals surface area contributed by atoms with Crippen LogP contribution >= 0.6 is 15.9 Å². The lowest BCUT2D eigenvalue weighted by Crippen LogP contribution is -2.36. The Kier molecular flexibility index (Phi) is 5.66. The van der Waals surface area contributed by atoms with Crippen molar-refractivity contribution in [3.8, 4) is 18.1 Å². The van der Waals surface area contributed by atoms with Gasteiger partial charge in [0.05, 0.1) is 11.0 Å². The molecule has 0 bridgehead atoms. The Morgan fingerprint density at radius 2 is 2.33 bits per heavy atom. The second-order valence-electron chi connectivity index (χ2n) is 5.10. The van der Waals surface area contributed by atoms with Crippen molar-refractivity contribution in [2.45, 2.75) is 38.5 Å². The first-order valence-corrected chi connectivity index (χ1v) is 7.79. The molecule has 0 spiro atoms. The smallest absolute Gasteiger partial charge is 0.261 e. The third kappa shape index (κ3) is 5.07. The van der Waals surface area contributed by atoms with Crippen molar-refractivity contribution < 1.29 is 9.53 Å². The topological polar surface area (TPSA) is 50.4 Å². The van der Waals surface area contributed by atoms with Gasteiger partial charge in [-0.15, -0.1) is 6.42 Å². The number of benzene rings is 1. The van der Waals surface area contributed by atoms with Crippen LogP contribution in [0.25, 0.3) is 0 Å². The molecule has 1 aromatic rings. The molecule has 1 fully saturated rings. The van der Waals surface area contributed by atoms with E-state index in [1.807, 2.05) is 18.2 Å². The highest BCUT2D eigenvalue weighted by atomic mass is 79.9. The highest BCUT2D eigenvalue weighted by Crippen LogP contribution is 2.27. The molecule has 0 aromatic heterocycles. The number of carbonyl (C=O) groups is 1. The van der Waals surface area contributed by atoms with E-state index >= 15 is 0 Å². The highest BCUT2D eigenvalue weighted by molar-refractivity contribution is 9.10. The summed E-state index contributed by atoms with van der Waals surface area (Å²) in [6.45, 7) is 2.75. The van der Waals surface area contributed by atoms with Crippen molar-refractivity contribution in [2.24, 2.45) is 0 Å². The fourth-order valence-corrected chi connectivity index (χ4v) is 2.35. The van der Waals surface area contributed by atoms with E-state index in [1.54, 1.807) is 6.92 Å². The van der Waals surface area contributed by atoms with Gasteiger partial charge in [-0.3, -0.25) is 4.79 Å². The Labute approximate surface area is 133 Å². The van der Waals surface area contributed by atoms with Gasteiger partial charge in [0.25, 0.3) is 5.91 Å². The van der Waals surface area contributed by atoms with Crippen molar-refractivity contribution >= 4 is 21.8 Å². The first kappa shape index (κ1) is 15.9. The summed E-state index contributed by atoms with van der Waals surface area (Å²) in [6.07, 6.45) is 7.05. The number of rotatable bonds is 7. The van der Waals surface area contributed by atoms with Gasteiger partial charge in [0.15, 0.2) is 6.10 Å². The van der Waals surface area contributed by atoms with Crippen molar-refractivity contribution in [2.75, 3.05) is 6.54 Å². The van der Waals surface area contributed by atoms with E-state index in [1.165, 1.54) is 18.4 Å². The number of nitrogens with one attached hydrogen (secondary N) is 2. The molecule has 0 aliphatic heterocycles. The molecule has 1 aromatic carbocycles. The molecule has 1 unspecified atom stereocenters. The van der Waals surface area contributed by atoms with Crippen LogP contribution in [0, 0.1) is 12.3 Å². The molecule has 2 N–H and O–H groups in total. The van der Waals surface area contributed by atoms with Crippen LogP contribution in [0.3, 0.4) is 0 Å². The Hall–Kier alpha value is -1.51. The maximum atomic E-state index is 11.7. The lowest BCUT2D eigenvalue weighted by atomic mass is 10.2. The molecule has 21 heavy (non-hydrogen) atoms. The molecule has 1 aliphatic carbocycles.